The number of aromatic nitrogens is 1. The van der Waals surface area contributed by atoms with Gasteiger partial charge in [-0.2, -0.15) is 0 Å². The Balaban J connectivity index is 2.29. The molecule has 0 saturated heterocycles. The van der Waals surface area contributed by atoms with Crippen LogP contribution in [-0.4, -0.2) is 30.0 Å². The van der Waals surface area contributed by atoms with Crippen LogP contribution in [-0.2, 0) is 4.79 Å². The molecule has 146 valence electrons. The highest BCUT2D eigenvalue weighted by atomic mass is 35.5. The minimum atomic E-state index is -0.362. The lowest BCUT2D eigenvalue weighted by atomic mass is 10.2. The Morgan fingerprint density at radius 2 is 1.82 bits per heavy atom. The number of hydrogen-bond acceptors (Lipinski definition) is 3. The van der Waals surface area contributed by atoms with E-state index in [9.17, 15) is 9.59 Å². The molecule has 1 heterocycles. The van der Waals surface area contributed by atoms with Crippen LogP contribution in [0.25, 0.3) is 10.9 Å². The number of benzene rings is 2. The molecule has 1 amide bonds. The second-order valence-electron chi connectivity index (χ2n) is 6.08. The minimum absolute atomic E-state index is 0.146. The van der Waals surface area contributed by atoms with E-state index in [-0.39, 0.29) is 22.4 Å². The number of nitrogens with zero attached hydrogens (tertiary/aromatic N) is 2. The number of carbonyl (C=O) groups is 2. The Morgan fingerprint density at radius 3 is 2.39 bits per heavy atom. The molecule has 0 fully saturated rings. The fourth-order valence-electron chi connectivity index (χ4n) is 3.10. The summed E-state index contributed by atoms with van der Waals surface area (Å²) in [6.07, 6.45) is 1.61. The Labute approximate surface area is 177 Å². The van der Waals surface area contributed by atoms with Gasteiger partial charge in [0.25, 0.3) is 5.91 Å². The maximum absolute atomic E-state index is 13.2. The molecule has 1 aromatic heterocycles. The summed E-state index contributed by atoms with van der Waals surface area (Å²) in [7, 11) is 1.50. The summed E-state index contributed by atoms with van der Waals surface area (Å²) in [6, 6.07) is 8.01. The quantitative estimate of drug-likeness (QED) is 0.526. The lowest BCUT2D eigenvalue weighted by molar-refractivity contribution is -0.116. The molecule has 0 atom stereocenters. The van der Waals surface area contributed by atoms with Crippen LogP contribution >= 0.6 is 34.8 Å². The van der Waals surface area contributed by atoms with E-state index in [1.807, 2.05) is 6.92 Å². The normalized spacial score (nSPS) is 10.9. The van der Waals surface area contributed by atoms with Crippen molar-refractivity contribution < 1.29 is 14.3 Å². The summed E-state index contributed by atoms with van der Waals surface area (Å²) in [6.45, 7) is 3.77. The molecule has 3 aromatic rings. The number of halogens is 3. The molecule has 0 bridgehead atoms. The van der Waals surface area contributed by atoms with Crippen molar-refractivity contribution in [2.45, 2.75) is 13.8 Å². The highest BCUT2D eigenvalue weighted by Gasteiger charge is 2.23. The van der Waals surface area contributed by atoms with Gasteiger partial charge in [-0.3, -0.25) is 14.2 Å². The predicted molar refractivity (Wildman–Crippen MR) is 113 cm³/mol. The Morgan fingerprint density at radius 1 is 1.11 bits per heavy atom. The number of amides is 1. The first-order valence-electron chi connectivity index (χ1n) is 8.44. The standard InChI is InChI=1S/C20H17Cl3N2O3/c1-4-24(11(2)26)18-10-25(17-9-16(23)19(28-3)8-14(17)18)20(27)13-6-5-12(21)7-15(13)22/h5-10H,4H2,1-3H3. The first-order valence-corrected chi connectivity index (χ1v) is 9.58. The summed E-state index contributed by atoms with van der Waals surface area (Å²) in [4.78, 5) is 26.9. The zero-order chi connectivity index (χ0) is 20.6. The minimum Gasteiger partial charge on any atom is -0.495 e. The van der Waals surface area contributed by atoms with Crippen molar-refractivity contribution in [2.75, 3.05) is 18.6 Å². The number of fused-ring (bicyclic) bond motifs is 1. The number of anilines is 1. The van der Waals surface area contributed by atoms with E-state index in [1.165, 1.54) is 24.7 Å². The zero-order valence-electron chi connectivity index (χ0n) is 15.4. The van der Waals surface area contributed by atoms with Crippen molar-refractivity contribution in [1.29, 1.82) is 0 Å². The van der Waals surface area contributed by atoms with E-state index in [2.05, 4.69) is 0 Å². The van der Waals surface area contributed by atoms with Crippen molar-refractivity contribution in [3.05, 3.63) is 57.2 Å². The lowest BCUT2D eigenvalue weighted by Crippen LogP contribution is -2.27. The lowest BCUT2D eigenvalue weighted by Gasteiger charge is -2.18. The van der Waals surface area contributed by atoms with Crippen LogP contribution in [0.15, 0.2) is 36.5 Å². The van der Waals surface area contributed by atoms with Gasteiger partial charge in [-0.1, -0.05) is 34.8 Å². The van der Waals surface area contributed by atoms with E-state index < -0.39 is 0 Å². The van der Waals surface area contributed by atoms with Gasteiger partial charge >= 0.3 is 0 Å². The molecule has 0 saturated carbocycles. The van der Waals surface area contributed by atoms with Crippen molar-refractivity contribution >= 4 is 63.2 Å². The molecule has 28 heavy (non-hydrogen) atoms. The van der Waals surface area contributed by atoms with Gasteiger partial charge in [-0.05, 0) is 37.3 Å². The van der Waals surface area contributed by atoms with Gasteiger partial charge in [-0.25, -0.2) is 0 Å². The van der Waals surface area contributed by atoms with Gasteiger partial charge < -0.3 is 9.64 Å². The van der Waals surface area contributed by atoms with E-state index in [0.717, 1.165) is 0 Å². The summed E-state index contributed by atoms with van der Waals surface area (Å²) in [5.41, 5.74) is 1.40. The van der Waals surface area contributed by atoms with E-state index in [0.29, 0.717) is 38.9 Å². The fraction of sp³-hybridized carbons (Fsp3) is 0.200. The SMILES string of the molecule is CCN(C(C)=O)c1cn(C(=O)c2ccc(Cl)cc2Cl)c2cc(Cl)c(OC)cc12. The Bertz CT molecular complexity index is 1090. The third kappa shape index (κ3) is 3.58. The van der Waals surface area contributed by atoms with Gasteiger partial charge in [-0.15, -0.1) is 0 Å². The predicted octanol–water partition coefficient (Wildman–Crippen LogP) is 5.67. The summed E-state index contributed by atoms with van der Waals surface area (Å²) >= 11 is 18.5. The van der Waals surface area contributed by atoms with Crippen LogP contribution in [0.2, 0.25) is 15.1 Å². The van der Waals surface area contributed by atoms with Crippen molar-refractivity contribution in [1.82, 2.24) is 4.57 Å². The van der Waals surface area contributed by atoms with Gasteiger partial charge in [0.05, 0.1) is 33.9 Å². The first-order chi connectivity index (χ1) is 13.3. The van der Waals surface area contributed by atoms with E-state index in [1.54, 1.807) is 35.4 Å². The maximum Gasteiger partial charge on any atom is 0.263 e. The second kappa shape index (κ2) is 8.03. The van der Waals surface area contributed by atoms with Crippen LogP contribution in [0, 0.1) is 0 Å². The van der Waals surface area contributed by atoms with Crippen molar-refractivity contribution in [2.24, 2.45) is 0 Å². The number of rotatable bonds is 4. The van der Waals surface area contributed by atoms with Crippen LogP contribution in [0.5, 0.6) is 5.75 Å². The molecular weight excluding hydrogens is 423 g/mol. The van der Waals surface area contributed by atoms with Crippen molar-refractivity contribution in [3.63, 3.8) is 0 Å². The summed E-state index contributed by atoms with van der Waals surface area (Å²) in [5, 5.41) is 1.68. The van der Waals surface area contributed by atoms with Gasteiger partial charge in [0, 0.05) is 30.1 Å². The molecule has 0 N–H and O–H groups in total. The van der Waals surface area contributed by atoms with Gasteiger partial charge in [0.2, 0.25) is 5.91 Å². The monoisotopic (exact) mass is 438 g/mol. The molecule has 0 spiro atoms. The Kier molecular flexibility index (Phi) is 5.89. The molecule has 3 rings (SSSR count). The fourth-order valence-corrected chi connectivity index (χ4v) is 3.83. The highest BCUT2D eigenvalue weighted by Crippen LogP contribution is 2.37. The average molecular weight is 440 g/mol. The topological polar surface area (TPSA) is 51.5 Å². The Hall–Kier alpha value is -2.21. The molecule has 2 aromatic carbocycles. The van der Waals surface area contributed by atoms with Crippen LogP contribution in [0.3, 0.4) is 0 Å². The zero-order valence-corrected chi connectivity index (χ0v) is 17.7. The largest absolute Gasteiger partial charge is 0.495 e. The number of hydrogen-bond donors (Lipinski definition) is 0. The number of methoxy groups -OCH3 is 1. The molecule has 0 unspecified atom stereocenters. The smallest absolute Gasteiger partial charge is 0.263 e. The van der Waals surface area contributed by atoms with Gasteiger partial charge in [0.1, 0.15) is 5.75 Å². The number of carbonyl (C=O) groups excluding carboxylic acids is 2. The van der Waals surface area contributed by atoms with Gasteiger partial charge in [0.15, 0.2) is 0 Å². The molecular formula is C20H17Cl3N2O3. The third-order valence-electron chi connectivity index (χ3n) is 4.42. The van der Waals surface area contributed by atoms with Crippen molar-refractivity contribution in [3.8, 4) is 5.75 Å². The van der Waals surface area contributed by atoms with Crippen LogP contribution in [0.1, 0.15) is 24.2 Å². The molecule has 0 aliphatic rings. The average Bonchev–Trinajstić information content (AvgIpc) is 2.99. The molecule has 0 aliphatic carbocycles. The van der Waals surface area contributed by atoms with E-state index in [4.69, 9.17) is 39.5 Å². The molecule has 0 aliphatic heterocycles. The van der Waals surface area contributed by atoms with E-state index >= 15 is 0 Å². The number of ether oxygens (including phenoxy) is 1. The third-order valence-corrected chi connectivity index (χ3v) is 5.27. The molecule has 0 radical (unpaired) electrons. The summed E-state index contributed by atoms with van der Waals surface area (Å²) < 4.78 is 6.73. The summed E-state index contributed by atoms with van der Waals surface area (Å²) in [5.74, 6) is -0.0593. The molecule has 8 heteroatoms. The highest BCUT2D eigenvalue weighted by molar-refractivity contribution is 6.37. The first kappa shape index (κ1) is 20.5. The second-order valence-corrected chi connectivity index (χ2v) is 7.33. The maximum atomic E-state index is 13.2. The van der Waals surface area contributed by atoms with Crippen LogP contribution in [0.4, 0.5) is 5.69 Å². The molecule has 5 nitrogen and oxygen atoms in total. The van der Waals surface area contributed by atoms with Crippen LogP contribution < -0.4 is 9.64 Å².